The van der Waals surface area contributed by atoms with Crippen LogP contribution in [-0.2, 0) is 14.6 Å². The molecule has 0 aliphatic rings. The van der Waals surface area contributed by atoms with Crippen LogP contribution < -0.4 is 10.8 Å². The minimum atomic E-state index is -4.24. The van der Waals surface area contributed by atoms with E-state index in [0.29, 0.717) is 6.42 Å². The molecule has 0 aliphatic carbocycles. The van der Waals surface area contributed by atoms with Gasteiger partial charge in [-0.3, -0.25) is 4.55 Å². The van der Waals surface area contributed by atoms with Gasteiger partial charge in [-0.1, -0.05) is 51.9 Å². The lowest BCUT2D eigenvalue weighted by Gasteiger charge is -2.02. The summed E-state index contributed by atoms with van der Waals surface area (Å²) in [6.45, 7) is 2.70. The maximum Gasteiger partial charge on any atom is 0.397 e. The fourth-order valence-electron chi connectivity index (χ4n) is 1.86. The van der Waals surface area contributed by atoms with E-state index in [0.717, 1.165) is 19.4 Å². The van der Waals surface area contributed by atoms with Crippen LogP contribution in [0.3, 0.4) is 0 Å². The van der Waals surface area contributed by atoms with Gasteiger partial charge < -0.3 is 10.8 Å². The summed E-state index contributed by atoms with van der Waals surface area (Å²) in [7, 11) is -4.24. The van der Waals surface area contributed by atoms with Gasteiger partial charge in [0.05, 0.1) is 13.2 Å². The van der Waals surface area contributed by atoms with E-state index >= 15 is 0 Å². The lowest BCUT2D eigenvalue weighted by Crippen LogP contribution is -2.50. The minimum absolute atomic E-state index is 0. The van der Waals surface area contributed by atoms with E-state index in [9.17, 15) is 8.42 Å². The van der Waals surface area contributed by atoms with Gasteiger partial charge in [0.15, 0.2) is 0 Å². The third-order valence-corrected chi connectivity index (χ3v) is 3.34. The zero-order valence-electron chi connectivity index (χ0n) is 13.4. The van der Waals surface area contributed by atoms with Crippen molar-refractivity contribution in [1.82, 2.24) is 0 Å². The van der Waals surface area contributed by atoms with Crippen LogP contribution in [0.2, 0.25) is 0 Å². The molecule has 0 heterocycles. The molecule has 7 heteroatoms. The van der Waals surface area contributed by atoms with Crippen molar-refractivity contribution < 1.29 is 28.0 Å². The van der Waals surface area contributed by atoms with Crippen LogP contribution in [0.1, 0.15) is 71.1 Å². The Balaban J connectivity index is 0. The molecule has 0 amide bonds. The molecule has 0 spiro atoms. The van der Waals surface area contributed by atoms with E-state index in [-0.39, 0.29) is 13.2 Å². The number of hydrogen-bond acceptors (Lipinski definition) is 4. The van der Waals surface area contributed by atoms with E-state index in [4.69, 9.17) is 9.66 Å². The summed E-state index contributed by atoms with van der Waals surface area (Å²) < 4.78 is 33.0. The molecule has 0 aliphatic heterocycles. The highest BCUT2D eigenvalue weighted by Crippen LogP contribution is 2.10. The molecule has 0 rings (SSSR count). The first-order chi connectivity index (χ1) is 9.97. The standard InChI is InChI=1S/C12H27NO4S.C2H5O/c13-11-9-7-5-3-1-2-4-6-8-10-12-17-18(14,15)16;1-2-3/h1-13H2,(H,14,15,16);2H2,1H3/q;-1/p+1. The second-order valence-electron chi connectivity index (χ2n) is 4.93. The highest BCUT2D eigenvalue weighted by molar-refractivity contribution is 7.80. The topological polar surface area (TPSA) is 114 Å². The van der Waals surface area contributed by atoms with Crippen molar-refractivity contribution in [2.24, 2.45) is 0 Å². The lowest BCUT2D eigenvalue weighted by molar-refractivity contribution is -0.368. The van der Waals surface area contributed by atoms with Gasteiger partial charge in [-0.15, -0.1) is 6.61 Å². The molecular formula is C14H33NO5S. The Bertz CT molecular complexity index is 283. The maximum atomic E-state index is 10.2. The van der Waals surface area contributed by atoms with Crippen molar-refractivity contribution >= 4 is 10.4 Å². The fourth-order valence-corrected chi connectivity index (χ4v) is 2.19. The average molecular weight is 327 g/mol. The molecule has 4 N–H and O–H groups in total. The quantitative estimate of drug-likeness (QED) is 0.391. The van der Waals surface area contributed by atoms with Crippen molar-refractivity contribution in [2.45, 2.75) is 71.1 Å². The Morgan fingerprint density at radius 1 is 0.905 bits per heavy atom. The second kappa shape index (κ2) is 17.8. The molecule has 6 nitrogen and oxygen atoms in total. The van der Waals surface area contributed by atoms with Gasteiger partial charge >= 0.3 is 10.4 Å². The monoisotopic (exact) mass is 327 g/mol. The Kier molecular flexibility index (Phi) is 19.6. The largest absolute Gasteiger partial charge is 0.855 e. The summed E-state index contributed by atoms with van der Waals surface area (Å²) in [5, 5.41) is 8.93. The first-order valence-electron chi connectivity index (χ1n) is 7.97. The summed E-state index contributed by atoms with van der Waals surface area (Å²) in [6, 6.07) is 0. The van der Waals surface area contributed by atoms with Crippen molar-refractivity contribution in [3.8, 4) is 0 Å². The van der Waals surface area contributed by atoms with Crippen LogP contribution in [0.4, 0.5) is 0 Å². The second-order valence-corrected chi connectivity index (χ2v) is 6.02. The Hall–Kier alpha value is -0.210. The Labute approximate surface area is 130 Å². The van der Waals surface area contributed by atoms with Crippen LogP contribution in [0, 0.1) is 0 Å². The first kappa shape index (κ1) is 23.1. The summed E-state index contributed by atoms with van der Waals surface area (Å²) in [5.74, 6) is 0. The molecule has 0 aromatic rings. The summed E-state index contributed by atoms with van der Waals surface area (Å²) >= 11 is 0. The van der Waals surface area contributed by atoms with Gasteiger partial charge in [0, 0.05) is 0 Å². The van der Waals surface area contributed by atoms with Gasteiger partial charge in [-0.2, -0.15) is 8.42 Å². The number of quaternary nitrogens is 1. The van der Waals surface area contributed by atoms with Crippen LogP contribution in [-0.4, -0.2) is 32.7 Å². The molecule has 0 bridgehead atoms. The molecule has 0 saturated heterocycles. The zero-order chi connectivity index (χ0) is 16.4. The van der Waals surface area contributed by atoms with E-state index in [1.807, 2.05) is 0 Å². The predicted molar refractivity (Wildman–Crippen MR) is 82.0 cm³/mol. The van der Waals surface area contributed by atoms with Gasteiger partial charge in [0.2, 0.25) is 0 Å². The number of rotatable bonds is 13. The average Bonchev–Trinajstić information content (AvgIpc) is 2.40. The van der Waals surface area contributed by atoms with Crippen molar-refractivity contribution in [1.29, 1.82) is 0 Å². The van der Waals surface area contributed by atoms with Crippen molar-refractivity contribution in [3.63, 3.8) is 0 Å². The van der Waals surface area contributed by atoms with E-state index in [2.05, 4.69) is 9.92 Å². The zero-order valence-corrected chi connectivity index (χ0v) is 14.2. The summed E-state index contributed by atoms with van der Waals surface area (Å²) in [4.78, 5) is 0. The normalized spacial score (nSPS) is 11.0. The van der Waals surface area contributed by atoms with E-state index in [1.54, 1.807) is 6.92 Å². The number of hydrogen-bond donors (Lipinski definition) is 2. The SMILES string of the molecule is CC[O-].[NH3+]CCCCCCCCCCCCOS(=O)(=O)O. The first-order valence-corrected chi connectivity index (χ1v) is 9.33. The highest BCUT2D eigenvalue weighted by atomic mass is 32.3. The van der Waals surface area contributed by atoms with Crippen LogP contribution in [0.5, 0.6) is 0 Å². The Morgan fingerprint density at radius 3 is 1.57 bits per heavy atom. The summed E-state index contributed by atoms with van der Waals surface area (Å²) in [6.07, 6.45) is 11.7. The third-order valence-electron chi connectivity index (χ3n) is 2.88. The van der Waals surface area contributed by atoms with E-state index < -0.39 is 10.4 Å². The highest BCUT2D eigenvalue weighted by Gasteiger charge is 2.02. The van der Waals surface area contributed by atoms with Crippen LogP contribution >= 0.6 is 0 Å². The molecule has 0 radical (unpaired) electrons. The maximum absolute atomic E-state index is 10.2. The van der Waals surface area contributed by atoms with Gasteiger partial charge in [0.1, 0.15) is 0 Å². The number of unbranched alkanes of at least 4 members (excludes halogenated alkanes) is 9. The van der Waals surface area contributed by atoms with Gasteiger partial charge in [-0.25, -0.2) is 4.18 Å². The molecule has 0 aromatic heterocycles. The minimum Gasteiger partial charge on any atom is -0.855 e. The molecule has 0 atom stereocenters. The molecule has 0 aromatic carbocycles. The predicted octanol–water partition coefficient (Wildman–Crippen LogP) is 1.32. The van der Waals surface area contributed by atoms with Gasteiger partial charge in [-0.05, 0) is 19.3 Å². The van der Waals surface area contributed by atoms with Crippen LogP contribution in [0.15, 0.2) is 0 Å². The smallest absolute Gasteiger partial charge is 0.397 e. The van der Waals surface area contributed by atoms with Crippen molar-refractivity contribution in [3.05, 3.63) is 0 Å². The fraction of sp³-hybridized carbons (Fsp3) is 1.00. The molecule has 21 heavy (non-hydrogen) atoms. The third kappa shape index (κ3) is 28.6. The van der Waals surface area contributed by atoms with Crippen LogP contribution in [0.25, 0.3) is 0 Å². The molecule has 130 valence electrons. The lowest BCUT2D eigenvalue weighted by atomic mass is 10.1. The molecular weight excluding hydrogens is 294 g/mol. The van der Waals surface area contributed by atoms with E-state index in [1.165, 1.54) is 44.9 Å². The molecule has 0 unspecified atom stereocenters. The van der Waals surface area contributed by atoms with Gasteiger partial charge in [0.25, 0.3) is 0 Å². The molecule has 0 fully saturated rings. The summed E-state index contributed by atoms with van der Waals surface area (Å²) in [5.41, 5.74) is 3.82. The Morgan fingerprint density at radius 2 is 1.24 bits per heavy atom. The van der Waals surface area contributed by atoms with Crippen molar-refractivity contribution in [2.75, 3.05) is 19.8 Å². The molecule has 0 saturated carbocycles.